The Hall–Kier alpha value is -1.11. The Morgan fingerprint density at radius 3 is 2.50 bits per heavy atom. The first-order chi connectivity index (χ1) is 9.25. The molecule has 0 amide bonds. The summed E-state index contributed by atoms with van der Waals surface area (Å²) >= 11 is 5.75. The maximum Gasteiger partial charge on any atom is 0.310 e. The van der Waals surface area contributed by atoms with Crippen LogP contribution < -0.4 is 0 Å². The Kier molecular flexibility index (Phi) is 4.09. The standard InChI is InChI=1S/C13H16ClNO4S/c1-13(12(16)17)7-2-8-15(9-13)20(18,19)11-5-3-10(14)4-6-11/h3-6H,2,7-9H2,1H3,(H,16,17). The van der Waals surface area contributed by atoms with E-state index in [1.54, 1.807) is 6.92 Å². The van der Waals surface area contributed by atoms with Gasteiger partial charge in [-0.15, -0.1) is 0 Å². The van der Waals surface area contributed by atoms with Crippen molar-refractivity contribution < 1.29 is 18.3 Å². The normalized spacial score (nSPS) is 24.5. The summed E-state index contributed by atoms with van der Waals surface area (Å²) in [4.78, 5) is 11.4. The summed E-state index contributed by atoms with van der Waals surface area (Å²) in [5.74, 6) is -0.964. The minimum Gasteiger partial charge on any atom is -0.481 e. The zero-order chi connectivity index (χ0) is 15.0. The van der Waals surface area contributed by atoms with Crippen LogP contribution in [-0.2, 0) is 14.8 Å². The highest BCUT2D eigenvalue weighted by molar-refractivity contribution is 7.89. The molecule has 1 aliphatic heterocycles. The molecule has 110 valence electrons. The largest absolute Gasteiger partial charge is 0.481 e. The van der Waals surface area contributed by atoms with E-state index in [9.17, 15) is 18.3 Å². The zero-order valence-corrected chi connectivity index (χ0v) is 12.6. The number of sulfonamides is 1. The number of carboxylic acids is 1. The van der Waals surface area contributed by atoms with Crippen LogP contribution in [-0.4, -0.2) is 36.9 Å². The smallest absolute Gasteiger partial charge is 0.310 e. The molecule has 2 rings (SSSR count). The van der Waals surface area contributed by atoms with Crippen molar-refractivity contribution in [1.82, 2.24) is 4.31 Å². The summed E-state index contributed by atoms with van der Waals surface area (Å²) in [5, 5.41) is 9.71. The average molecular weight is 318 g/mol. The van der Waals surface area contributed by atoms with E-state index in [1.165, 1.54) is 28.6 Å². The molecule has 1 N–H and O–H groups in total. The number of rotatable bonds is 3. The molecule has 1 aromatic carbocycles. The molecule has 0 spiro atoms. The molecule has 1 aliphatic rings. The lowest BCUT2D eigenvalue weighted by Crippen LogP contribution is -2.48. The van der Waals surface area contributed by atoms with Gasteiger partial charge in [0.05, 0.1) is 10.3 Å². The fourth-order valence-electron chi connectivity index (χ4n) is 2.33. The average Bonchev–Trinajstić information content (AvgIpc) is 2.39. The maximum atomic E-state index is 12.5. The number of carboxylic acid groups (broad SMARTS) is 1. The lowest BCUT2D eigenvalue weighted by Gasteiger charge is -2.36. The number of piperidine rings is 1. The van der Waals surface area contributed by atoms with Crippen molar-refractivity contribution in [2.24, 2.45) is 5.41 Å². The van der Waals surface area contributed by atoms with Crippen molar-refractivity contribution in [2.45, 2.75) is 24.7 Å². The molecule has 1 heterocycles. The highest BCUT2D eigenvalue weighted by atomic mass is 35.5. The fourth-order valence-corrected chi connectivity index (χ4v) is 4.06. The molecule has 5 nitrogen and oxygen atoms in total. The van der Waals surface area contributed by atoms with Crippen molar-refractivity contribution >= 4 is 27.6 Å². The summed E-state index contributed by atoms with van der Waals surface area (Å²) in [7, 11) is -3.67. The lowest BCUT2D eigenvalue weighted by molar-refractivity contribution is -0.150. The van der Waals surface area contributed by atoms with Crippen molar-refractivity contribution in [3.63, 3.8) is 0 Å². The highest BCUT2D eigenvalue weighted by Gasteiger charge is 2.41. The van der Waals surface area contributed by atoms with Crippen LogP contribution in [0.3, 0.4) is 0 Å². The minimum atomic E-state index is -3.67. The molecular weight excluding hydrogens is 302 g/mol. The quantitative estimate of drug-likeness (QED) is 0.927. The second-order valence-corrected chi connectivity index (χ2v) is 7.64. The van der Waals surface area contributed by atoms with Gasteiger partial charge in [0.15, 0.2) is 0 Å². The van der Waals surface area contributed by atoms with Crippen molar-refractivity contribution in [1.29, 1.82) is 0 Å². The molecular formula is C13H16ClNO4S. The molecule has 20 heavy (non-hydrogen) atoms. The van der Waals surface area contributed by atoms with E-state index in [4.69, 9.17) is 11.6 Å². The van der Waals surface area contributed by atoms with Crippen LogP contribution in [0, 0.1) is 5.41 Å². The highest BCUT2D eigenvalue weighted by Crippen LogP contribution is 2.32. The predicted octanol–water partition coefficient (Wildman–Crippen LogP) is 2.22. The van der Waals surface area contributed by atoms with E-state index in [1.807, 2.05) is 0 Å². The van der Waals surface area contributed by atoms with Crippen LogP contribution in [0.25, 0.3) is 0 Å². The van der Waals surface area contributed by atoms with Gasteiger partial charge in [0, 0.05) is 18.1 Å². The first-order valence-electron chi connectivity index (χ1n) is 6.25. The molecule has 1 aromatic rings. The van der Waals surface area contributed by atoms with E-state index in [0.717, 1.165) is 0 Å². The van der Waals surface area contributed by atoms with E-state index < -0.39 is 21.4 Å². The maximum absolute atomic E-state index is 12.5. The Balaban J connectivity index is 2.30. The van der Waals surface area contributed by atoms with Gasteiger partial charge in [0.2, 0.25) is 10.0 Å². The van der Waals surface area contributed by atoms with Gasteiger partial charge in [-0.3, -0.25) is 4.79 Å². The lowest BCUT2D eigenvalue weighted by atomic mass is 9.83. The van der Waals surface area contributed by atoms with Gasteiger partial charge in [-0.2, -0.15) is 4.31 Å². The molecule has 0 aromatic heterocycles. The predicted molar refractivity (Wildman–Crippen MR) is 75.2 cm³/mol. The Morgan fingerprint density at radius 2 is 1.95 bits per heavy atom. The Labute approximate surface area is 123 Å². The molecule has 1 fully saturated rings. The summed E-state index contributed by atoms with van der Waals surface area (Å²) in [6, 6.07) is 5.89. The minimum absolute atomic E-state index is 0.00665. The molecule has 0 saturated carbocycles. The van der Waals surface area contributed by atoms with Gasteiger partial charge in [0.25, 0.3) is 0 Å². The summed E-state index contributed by atoms with van der Waals surface area (Å²) < 4.78 is 26.2. The Morgan fingerprint density at radius 1 is 1.35 bits per heavy atom. The number of benzene rings is 1. The number of carbonyl (C=O) groups is 1. The third-order valence-corrected chi connectivity index (χ3v) is 5.74. The van der Waals surface area contributed by atoms with Gasteiger partial charge in [0.1, 0.15) is 0 Å². The molecule has 0 radical (unpaired) electrons. The van der Waals surface area contributed by atoms with Crippen molar-refractivity contribution in [2.75, 3.05) is 13.1 Å². The summed E-state index contributed by atoms with van der Waals surface area (Å²) in [6.45, 7) is 1.92. The third-order valence-electron chi connectivity index (χ3n) is 3.63. The van der Waals surface area contributed by atoms with Crippen LogP contribution in [0.1, 0.15) is 19.8 Å². The first kappa shape index (κ1) is 15.3. The molecule has 1 saturated heterocycles. The second kappa shape index (κ2) is 5.35. The number of aliphatic carboxylic acids is 1. The van der Waals surface area contributed by atoms with Crippen LogP contribution in [0.15, 0.2) is 29.2 Å². The van der Waals surface area contributed by atoms with Crippen LogP contribution >= 0.6 is 11.6 Å². The summed E-state index contributed by atoms with van der Waals surface area (Å²) in [6.07, 6.45) is 1.02. The van der Waals surface area contributed by atoms with E-state index in [2.05, 4.69) is 0 Å². The van der Waals surface area contributed by atoms with E-state index in [-0.39, 0.29) is 11.4 Å². The van der Waals surface area contributed by atoms with Gasteiger partial charge in [-0.1, -0.05) is 11.6 Å². The van der Waals surface area contributed by atoms with Crippen molar-refractivity contribution in [3.05, 3.63) is 29.3 Å². The topological polar surface area (TPSA) is 74.7 Å². The van der Waals surface area contributed by atoms with Gasteiger partial charge in [-0.05, 0) is 44.0 Å². The molecule has 0 bridgehead atoms. The molecule has 1 unspecified atom stereocenters. The second-order valence-electron chi connectivity index (χ2n) is 5.26. The van der Waals surface area contributed by atoms with Gasteiger partial charge < -0.3 is 5.11 Å². The number of hydrogen-bond donors (Lipinski definition) is 1. The number of hydrogen-bond acceptors (Lipinski definition) is 3. The molecule has 1 atom stereocenters. The first-order valence-corrected chi connectivity index (χ1v) is 8.07. The Bertz CT molecular complexity index is 614. The number of halogens is 1. The van der Waals surface area contributed by atoms with Crippen molar-refractivity contribution in [3.8, 4) is 0 Å². The van der Waals surface area contributed by atoms with Crippen LogP contribution in [0.4, 0.5) is 0 Å². The fraction of sp³-hybridized carbons (Fsp3) is 0.462. The van der Waals surface area contributed by atoms with Gasteiger partial charge >= 0.3 is 5.97 Å². The van der Waals surface area contributed by atoms with Crippen LogP contribution in [0.2, 0.25) is 5.02 Å². The molecule has 7 heteroatoms. The monoisotopic (exact) mass is 317 g/mol. The number of nitrogens with zero attached hydrogens (tertiary/aromatic N) is 1. The third kappa shape index (κ3) is 2.82. The summed E-state index contributed by atoms with van der Waals surface area (Å²) in [5.41, 5.74) is -1.03. The SMILES string of the molecule is CC1(C(=O)O)CCCN(S(=O)(=O)c2ccc(Cl)cc2)C1. The molecule has 0 aliphatic carbocycles. The van der Waals surface area contributed by atoms with E-state index in [0.29, 0.717) is 24.4 Å². The van der Waals surface area contributed by atoms with Gasteiger partial charge in [-0.25, -0.2) is 8.42 Å². The zero-order valence-electron chi connectivity index (χ0n) is 11.0. The van der Waals surface area contributed by atoms with E-state index >= 15 is 0 Å². The van der Waals surface area contributed by atoms with Crippen LogP contribution in [0.5, 0.6) is 0 Å².